The van der Waals surface area contributed by atoms with Gasteiger partial charge in [-0.15, -0.1) is 0 Å². The molecule has 1 aliphatic heterocycles. The Morgan fingerprint density at radius 3 is 2.67 bits per heavy atom. The molecule has 0 bridgehead atoms. The summed E-state index contributed by atoms with van der Waals surface area (Å²) in [7, 11) is 1.60. The second kappa shape index (κ2) is 10.8. The van der Waals surface area contributed by atoms with Gasteiger partial charge in [-0.2, -0.15) is 0 Å². The average molecular weight is 543 g/mol. The van der Waals surface area contributed by atoms with Gasteiger partial charge in [0, 0.05) is 30.6 Å². The van der Waals surface area contributed by atoms with Crippen LogP contribution in [0.5, 0.6) is 11.5 Å². The van der Waals surface area contributed by atoms with E-state index < -0.39 is 17.7 Å². The van der Waals surface area contributed by atoms with E-state index in [9.17, 15) is 14.7 Å². The van der Waals surface area contributed by atoms with Crippen LogP contribution in [0.2, 0.25) is 0 Å². The Balaban J connectivity index is 1.75. The van der Waals surface area contributed by atoms with Crippen LogP contribution in [0, 0.1) is 6.92 Å². The SMILES string of the molecule is Cc1c(-c2c(C(OC(C)(C)C)C(=O)O)n(C)c(=O)c3cc(OCc4cccnc4)ccc23)ccc2c1CCCO2. The molecule has 0 spiro atoms. The Bertz CT molecular complexity index is 1640. The molecule has 40 heavy (non-hydrogen) atoms. The number of benzene rings is 2. The first-order valence-corrected chi connectivity index (χ1v) is 13.4. The Morgan fingerprint density at radius 2 is 1.98 bits per heavy atom. The molecule has 0 aliphatic carbocycles. The number of rotatable bonds is 7. The van der Waals surface area contributed by atoms with E-state index in [4.69, 9.17) is 14.2 Å². The van der Waals surface area contributed by atoms with Crippen LogP contribution < -0.4 is 15.0 Å². The first kappa shape index (κ1) is 27.4. The molecule has 1 N–H and O–H groups in total. The van der Waals surface area contributed by atoms with Crippen LogP contribution in [0.3, 0.4) is 0 Å². The summed E-state index contributed by atoms with van der Waals surface area (Å²) in [5.41, 5.74) is 3.68. The summed E-state index contributed by atoms with van der Waals surface area (Å²) in [6, 6.07) is 13.0. The van der Waals surface area contributed by atoms with Gasteiger partial charge in [0.25, 0.3) is 5.56 Å². The molecular weight excluding hydrogens is 508 g/mol. The predicted molar refractivity (Wildman–Crippen MR) is 153 cm³/mol. The maximum absolute atomic E-state index is 13.8. The van der Waals surface area contributed by atoms with E-state index in [1.165, 1.54) is 4.57 Å². The van der Waals surface area contributed by atoms with Crippen molar-refractivity contribution in [3.8, 4) is 22.6 Å². The lowest BCUT2D eigenvalue weighted by atomic mass is 9.88. The molecule has 0 fully saturated rings. The number of pyridine rings is 2. The van der Waals surface area contributed by atoms with Crippen LogP contribution in [0.25, 0.3) is 21.9 Å². The van der Waals surface area contributed by atoms with Gasteiger partial charge in [-0.05, 0) is 92.9 Å². The summed E-state index contributed by atoms with van der Waals surface area (Å²) in [5.74, 6) is 0.208. The van der Waals surface area contributed by atoms with Crippen molar-refractivity contribution in [2.75, 3.05) is 6.61 Å². The predicted octanol–water partition coefficient (Wildman–Crippen LogP) is 5.75. The summed E-state index contributed by atoms with van der Waals surface area (Å²) in [6.07, 6.45) is 3.83. The Labute approximate surface area is 233 Å². The largest absolute Gasteiger partial charge is 0.493 e. The molecule has 2 aromatic heterocycles. The highest BCUT2D eigenvalue weighted by Gasteiger charge is 2.34. The van der Waals surface area contributed by atoms with Crippen molar-refractivity contribution in [3.63, 3.8) is 0 Å². The van der Waals surface area contributed by atoms with Gasteiger partial charge in [0.2, 0.25) is 0 Å². The fraction of sp³-hybridized carbons (Fsp3) is 0.344. The molecule has 2 aromatic carbocycles. The maximum atomic E-state index is 13.8. The molecular formula is C32H34N2O6. The number of ether oxygens (including phenoxy) is 3. The number of carboxylic acids is 1. The third-order valence-electron chi connectivity index (χ3n) is 7.14. The zero-order chi connectivity index (χ0) is 28.6. The lowest BCUT2D eigenvalue weighted by Gasteiger charge is -2.29. The van der Waals surface area contributed by atoms with Crippen molar-refractivity contribution >= 4 is 16.7 Å². The van der Waals surface area contributed by atoms with Crippen molar-refractivity contribution in [2.45, 2.75) is 58.8 Å². The third kappa shape index (κ3) is 5.31. The molecule has 5 rings (SSSR count). The minimum Gasteiger partial charge on any atom is -0.493 e. The van der Waals surface area contributed by atoms with Crippen molar-refractivity contribution in [1.82, 2.24) is 9.55 Å². The van der Waals surface area contributed by atoms with E-state index in [1.54, 1.807) is 46.3 Å². The first-order chi connectivity index (χ1) is 19.0. The molecule has 0 amide bonds. The van der Waals surface area contributed by atoms with Gasteiger partial charge in [-0.1, -0.05) is 12.1 Å². The number of aliphatic carboxylic acids is 1. The molecule has 0 saturated heterocycles. The number of hydrogen-bond donors (Lipinski definition) is 1. The zero-order valence-electron chi connectivity index (χ0n) is 23.5. The van der Waals surface area contributed by atoms with Crippen LogP contribution >= 0.6 is 0 Å². The molecule has 0 saturated carbocycles. The standard InChI is InChI=1S/C32H34N2O6/c1-19-22-9-7-15-38-26(22)13-12-23(19)27-24-11-10-21(39-18-20-8-6-14-33-17-20)16-25(24)30(35)34(5)28(27)29(31(36)37)40-32(2,3)4/h6,8,10-14,16-17,29H,7,9,15,18H2,1-5H3,(H,36,37). The normalized spacial score (nSPS) is 13.9. The third-order valence-corrected chi connectivity index (χ3v) is 7.14. The number of carbonyl (C=O) groups is 1. The highest BCUT2D eigenvalue weighted by molar-refractivity contribution is 6.00. The highest BCUT2D eigenvalue weighted by atomic mass is 16.5. The molecule has 8 heteroatoms. The van der Waals surface area contributed by atoms with Crippen LogP contribution in [0.15, 0.2) is 59.7 Å². The van der Waals surface area contributed by atoms with Gasteiger partial charge in [0.05, 0.1) is 23.3 Å². The summed E-state index contributed by atoms with van der Waals surface area (Å²) in [5, 5.41) is 11.4. The summed E-state index contributed by atoms with van der Waals surface area (Å²) in [4.78, 5) is 30.6. The van der Waals surface area contributed by atoms with E-state index in [-0.39, 0.29) is 5.56 Å². The average Bonchev–Trinajstić information content (AvgIpc) is 2.93. The Hall–Kier alpha value is -4.17. The molecule has 4 aromatic rings. The molecule has 1 unspecified atom stereocenters. The summed E-state index contributed by atoms with van der Waals surface area (Å²) < 4.78 is 19.4. The minimum absolute atomic E-state index is 0.295. The number of fused-ring (bicyclic) bond motifs is 2. The van der Waals surface area contributed by atoms with Gasteiger partial charge in [-0.25, -0.2) is 4.79 Å². The van der Waals surface area contributed by atoms with Gasteiger partial charge in [-0.3, -0.25) is 9.78 Å². The zero-order valence-corrected chi connectivity index (χ0v) is 23.5. The molecule has 3 heterocycles. The highest BCUT2D eigenvalue weighted by Crippen LogP contribution is 2.42. The summed E-state index contributed by atoms with van der Waals surface area (Å²) >= 11 is 0. The first-order valence-electron chi connectivity index (χ1n) is 13.4. The van der Waals surface area contributed by atoms with E-state index in [0.29, 0.717) is 41.0 Å². The monoisotopic (exact) mass is 542 g/mol. The van der Waals surface area contributed by atoms with Crippen molar-refractivity contribution in [3.05, 3.63) is 87.6 Å². The number of hydrogen-bond acceptors (Lipinski definition) is 6. The molecule has 1 aliphatic rings. The van der Waals surface area contributed by atoms with Gasteiger partial charge >= 0.3 is 5.97 Å². The minimum atomic E-state index is -1.37. The fourth-order valence-corrected chi connectivity index (χ4v) is 5.30. The van der Waals surface area contributed by atoms with Crippen molar-refractivity contribution in [2.24, 2.45) is 7.05 Å². The fourth-order valence-electron chi connectivity index (χ4n) is 5.30. The van der Waals surface area contributed by atoms with Crippen LogP contribution in [-0.4, -0.2) is 32.8 Å². The molecule has 208 valence electrons. The molecule has 0 radical (unpaired) electrons. The lowest BCUT2D eigenvalue weighted by Crippen LogP contribution is -2.33. The second-order valence-electron chi connectivity index (χ2n) is 11.1. The van der Waals surface area contributed by atoms with Crippen LogP contribution in [-0.2, 0) is 29.6 Å². The van der Waals surface area contributed by atoms with Crippen LogP contribution in [0.1, 0.15) is 55.7 Å². The van der Waals surface area contributed by atoms with Gasteiger partial charge < -0.3 is 23.9 Å². The van der Waals surface area contributed by atoms with Crippen LogP contribution in [0.4, 0.5) is 0 Å². The molecule has 8 nitrogen and oxygen atoms in total. The quantitative estimate of drug-likeness (QED) is 0.317. The second-order valence-corrected chi connectivity index (χ2v) is 11.1. The molecule has 1 atom stereocenters. The van der Waals surface area contributed by atoms with Crippen molar-refractivity contribution in [1.29, 1.82) is 0 Å². The van der Waals surface area contributed by atoms with Crippen molar-refractivity contribution < 1.29 is 24.1 Å². The number of carboxylic acid groups (broad SMARTS) is 1. The van der Waals surface area contributed by atoms with E-state index in [0.717, 1.165) is 40.8 Å². The van der Waals surface area contributed by atoms with Gasteiger partial charge in [0.15, 0.2) is 6.10 Å². The summed E-state index contributed by atoms with van der Waals surface area (Å²) in [6.45, 7) is 8.39. The lowest BCUT2D eigenvalue weighted by molar-refractivity contribution is -0.161. The smallest absolute Gasteiger partial charge is 0.339 e. The van der Waals surface area contributed by atoms with E-state index in [2.05, 4.69) is 4.98 Å². The number of aromatic nitrogens is 2. The Kier molecular flexibility index (Phi) is 7.38. The van der Waals surface area contributed by atoms with Gasteiger partial charge in [0.1, 0.15) is 18.1 Å². The maximum Gasteiger partial charge on any atom is 0.339 e. The van der Waals surface area contributed by atoms with E-state index in [1.807, 2.05) is 43.3 Å². The Morgan fingerprint density at radius 1 is 1.18 bits per heavy atom. The van der Waals surface area contributed by atoms with E-state index >= 15 is 0 Å². The number of nitrogens with zero attached hydrogens (tertiary/aromatic N) is 2. The topological polar surface area (TPSA) is 99.9 Å².